The van der Waals surface area contributed by atoms with Gasteiger partial charge in [0.1, 0.15) is 11.6 Å². The smallest absolute Gasteiger partial charge is 0.408 e. The van der Waals surface area contributed by atoms with Gasteiger partial charge < -0.3 is 25.4 Å². The van der Waals surface area contributed by atoms with E-state index in [0.717, 1.165) is 77.3 Å². The van der Waals surface area contributed by atoms with Gasteiger partial charge in [0.15, 0.2) is 0 Å². The van der Waals surface area contributed by atoms with Gasteiger partial charge in [-0.2, -0.15) is 0 Å². The van der Waals surface area contributed by atoms with Crippen molar-refractivity contribution in [1.82, 2.24) is 15.5 Å². The Hall–Kier alpha value is -1.83. The number of hydrogen-bond acceptors (Lipinski definition) is 5. The molecule has 8 nitrogen and oxygen atoms in total. The zero-order chi connectivity index (χ0) is 27.8. The number of hydrogen-bond donors (Lipinski definition) is 3. The highest BCUT2D eigenvalue weighted by atomic mass is 16.6. The Labute approximate surface area is 225 Å². The number of carbonyl (C=O) groups is 3. The molecule has 0 spiro atoms. The van der Waals surface area contributed by atoms with Crippen LogP contribution in [0.5, 0.6) is 0 Å². The second-order valence-electron chi connectivity index (χ2n) is 12.2. The Bertz CT molecular complexity index is 677. The van der Waals surface area contributed by atoms with E-state index in [4.69, 9.17) is 4.74 Å². The highest BCUT2D eigenvalue weighted by molar-refractivity contribution is 5.86. The normalized spacial score (nSPS) is 17.5. The number of ether oxygens (including phenoxy) is 1. The lowest BCUT2D eigenvalue weighted by atomic mass is 9.97. The predicted octanol–water partition coefficient (Wildman–Crippen LogP) is 5.17. The SMILES string of the molecule is CC(=O)N[C@H](CO)CCCCCCCCC[C@H](NC(=O)OC(C)(C)C)C(=O)N1CC[C@@H](CCC(C)C)C1. The third-order valence-electron chi connectivity index (χ3n) is 6.91. The zero-order valence-corrected chi connectivity index (χ0v) is 24.4. The summed E-state index contributed by atoms with van der Waals surface area (Å²) in [6.07, 6.45) is 11.5. The van der Waals surface area contributed by atoms with E-state index in [1.165, 1.54) is 13.3 Å². The molecule has 1 rings (SSSR count). The number of aliphatic hydroxyl groups excluding tert-OH is 1. The first-order valence-corrected chi connectivity index (χ1v) is 14.6. The van der Waals surface area contributed by atoms with Gasteiger partial charge in [-0.3, -0.25) is 9.59 Å². The molecule has 216 valence electrons. The molecule has 1 aliphatic heterocycles. The molecule has 0 bridgehead atoms. The van der Waals surface area contributed by atoms with E-state index in [1.807, 2.05) is 25.7 Å². The van der Waals surface area contributed by atoms with Crippen LogP contribution in [-0.4, -0.2) is 65.3 Å². The van der Waals surface area contributed by atoms with E-state index in [0.29, 0.717) is 18.3 Å². The van der Waals surface area contributed by atoms with Crippen molar-refractivity contribution in [3.8, 4) is 0 Å². The van der Waals surface area contributed by atoms with Crippen molar-refractivity contribution in [3.63, 3.8) is 0 Å². The third-order valence-corrected chi connectivity index (χ3v) is 6.91. The molecule has 37 heavy (non-hydrogen) atoms. The number of likely N-dealkylation sites (tertiary alicyclic amines) is 1. The molecule has 0 aliphatic carbocycles. The van der Waals surface area contributed by atoms with Crippen LogP contribution >= 0.6 is 0 Å². The van der Waals surface area contributed by atoms with E-state index in [2.05, 4.69) is 24.5 Å². The fourth-order valence-electron chi connectivity index (χ4n) is 4.88. The second kappa shape index (κ2) is 17.6. The number of amides is 3. The largest absolute Gasteiger partial charge is 0.444 e. The van der Waals surface area contributed by atoms with Gasteiger partial charge in [0.2, 0.25) is 11.8 Å². The molecule has 1 fully saturated rings. The Morgan fingerprint density at radius 2 is 1.54 bits per heavy atom. The van der Waals surface area contributed by atoms with E-state index in [-0.39, 0.29) is 24.5 Å². The second-order valence-corrected chi connectivity index (χ2v) is 12.2. The molecular formula is C29H55N3O5. The minimum absolute atomic E-state index is 0.0210. The van der Waals surface area contributed by atoms with E-state index >= 15 is 0 Å². The van der Waals surface area contributed by atoms with Crippen molar-refractivity contribution in [1.29, 1.82) is 0 Å². The lowest BCUT2D eigenvalue weighted by Gasteiger charge is -2.26. The maximum Gasteiger partial charge on any atom is 0.408 e. The number of nitrogens with one attached hydrogen (secondary N) is 2. The highest BCUT2D eigenvalue weighted by Gasteiger charge is 2.32. The molecule has 3 atom stereocenters. The summed E-state index contributed by atoms with van der Waals surface area (Å²) in [5.41, 5.74) is -0.605. The molecule has 1 heterocycles. The molecular weight excluding hydrogens is 470 g/mol. The Kier molecular flexibility index (Phi) is 15.8. The Balaban J connectivity index is 2.42. The monoisotopic (exact) mass is 525 g/mol. The number of alkyl carbamates (subject to hydrolysis) is 1. The highest BCUT2D eigenvalue weighted by Crippen LogP contribution is 2.24. The van der Waals surface area contributed by atoms with E-state index in [1.54, 1.807) is 0 Å². The van der Waals surface area contributed by atoms with Gasteiger partial charge in [-0.1, -0.05) is 65.2 Å². The number of aliphatic hydroxyl groups is 1. The zero-order valence-electron chi connectivity index (χ0n) is 24.4. The first-order chi connectivity index (χ1) is 17.4. The fourth-order valence-corrected chi connectivity index (χ4v) is 4.88. The minimum atomic E-state index is -0.605. The van der Waals surface area contributed by atoms with Crippen LogP contribution in [0.15, 0.2) is 0 Å². The Morgan fingerprint density at radius 3 is 2.08 bits per heavy atom. The summed E-state index contributed by atoms with van der Waals surface area (Å²) in [6, 6.07) is -0.687. The van der Waals surface area contributed by atoms with Crippen molar-refractivity contribution < 1.29 is 24.2 Å². The van der Waals surface area contributed by atoms with E-state index < -0.39 is 17.7 Å². The van der Waals surface area contributed by atoms with Gasteiger partial charge in [-0.05, 0) is 58.3 Å². The average molecular weight is 526 g/mol. The van der Waals surface area contributed by atoms with Crippen LogP contribution in [0, 0.1) is 11.8 Å². The lowest BCUT2D eigenvalue weighted by Crippen LogP contribution is -2.49. The summed E-state index contributed by atoms with van der Waals surface area (Å²) in [5.74, 6) is 1.15. The van der Waals surface area contributed by atoms with Crippen LogP contribution in [0.4, 0.5) is 4.79 Å². The molecule has 1 aliphatic rings. The maximum absolute atomic E-state index is 13.3. The van der Waals surface area contributed by atoms with Crippen molar-refractivity contribution in [2.24, 2.45) is 11.8 Å². The van der Waals surface area contributed by atoms with Gasteiger partial charge in [-0.25, -0.2) is 4.79 Å². The summed E-state index contributed by atoms with van der Waals surface area (Å²) in [4.78, 5) is 38.8. The van der Waals surface area contributed by atoms with Gasteiger partial charge in [0.05, 0.1) is 12.6 Å². The van der Waals surface area contributed by atoms with Crippen LogP contribution in [0.25, 0.3) is 0 Å². The minimum Gasteiger partial charge on any atom is -0.444 e. The van der Waals surface area contributed by atoms with E-state index in [9.17, 15) is 19.5 Å². The number of rotatable bonds is 17. The lowest BCUT2D eigenvalue weighted by molar-refractivity contribution is -0.132. The summed E-state index contributed by atoms with van der Waals surface area (Å²) >= 11 is 0. The number of unbranched alkanes of at least 4 members (excludes halogenated alkanes) is 6. The van der Waals surface area contributed by atoms with Crippen LogP contribution < -0.4 is 10.6 Å². The first kappa shape index (κ1) is 33.2. The summed E-state index contributed by atoms with van der Waals surface area (Å²) < 4.78 is 5.44. The van der Waals surface area contributed by atoms with Crippen molar-refractivity contribution in [2.75, 3.05) is 19.7 Å². The standard InChI is InChI=1S/C29H55N3O5/c1-22(2)16-17-24-18-19-32(20-24)27(35)26(31-28(36)37-29(4,5)6)15-13-11-9-7-8-10-12-14-25(21-33)30-23(3)34/h22,24-26,33H,7-21H2,1-6H3,(H,30,34)(H,31,36)/t24-,25+,26+/m1/s1. The van der Waals surface area contributed by atoms with Gasteiger partial charge in [0.25, 0.3) is 0 Å². The maximum atomic E-state index is 13.3. The van der Waals surface area contributed by atoms with Gasteiger partial charge >= 0.3 is 6.09 Å². The number of carbonyl (C=O) groups excluding carboxylic acids is 3. The van der Waals surface area contributed by atoms with Crippen molar-refractivity contribution >= 4 is 17.9 Å². The molecule has 0 unspecified atom stereocenters. The predicted molar refractivity (Wildman–Crippen MR) is 148 cm³/mol. The quantitative estimate of drug-likeness (QED) is 0.227. The van der Waals surface area contributed by atoms with Crippen LogP contribution in [0.3, 0.4) is 0 Å². The molecule has 0 aromatic carbocycles. The van der Waals surface area contributed by atoms with Crippen LogP contribution in [0.1, 0.15) is 119 Å². The van der Waals surface area contributed by atoms with Crippen LogP contribution in [-0.2, 0) is 14.3 Å². The summed E-state index contributed by atoms with van der Waals surface area (Å²) in [7, 11) is 0. The van der Waals surface area contributed by atoms with Crippen molar-refractivity contribution in [3.05, 3.63) is 0 Å². The molecule has 0 saturated carbocycles. The molecule has 8 heteroatoms. The molecule has 3 amide bonds. The molecule has 0 aromatic rings. The van der Waals surface area contributed by atoms with Crippen LogP contribution in [0.2, 0.25) is 0 Å². The number of nitrogens with zero attached hydrogens (tertiary/aromatic N) is 1. The average Bonchev–Trinajstić information content (AvgIpc) is 3.27. The fraction of sp³-hybridized carbons (Fsp3) is 0.897. The molecule has 0 aromatic heterocycles. The topological polar surface area (TPSA) is 108 Å². The Morgan fingerprint density at radius 1 is 0.946 bits per heavy atom. The molecule has 0 radical (unpaired) electrons. The third kappa shape index (κ3) is 15.9. The van der Waals surface area contributed by atoms with Crippen molar-refractivity contribution in [2.45, 2.75) is 136 Å². The summed E-state index contributed by atoms with van der Waals surface area (Å²) in [6.45, 7) is 13.0. The summed E-state index contributed by atoms with van der Waals surface area (Å²) in [5, 5.41) is 14.9. The molecule has 1 saturated heterocycles. The molecule has 3 N–H and O–H groups in total. The van der Waals surface area contributed by atoms with Gasteiger partial charge in [0, 0.05) is 20.0 Å². The first-order valence-electron chi connectivity index (χ1n) is 14.6. The van der Waals surface area contributed by atoms with Gasteiger partial charge in [-0.15, -0.1) is 0 Å².